The summed E-state index contributed by atoms with van der Waals surface area (Å²) in [5.74, 6) is 0.831. The number of carbonyl (C=O) groups is 1. The maximum Gasteiger partial charge on any atom is 0.255 e. The van der Waals surface area contributed by atoms with Crippen LogP contribution in [0.3, 0.4) is 0 Å². The van der Waals surface area contributed by atoms with Gasteiger partial charge in [0.25, 0.3) is 5.91 Å². The third-order valence-electron chi connectivity index (χ3n) is 5.11. The molecule has 0 saturated carbocycles. The minimum atomic E-state index is -0.249. The molecule has 1 heterocycles. The number of benzene rings is 2. The van der Waals surface area contributed by atoms with Crippen molar-refractivity contribution in [3.63, 3.8) is 0 Å². The molecule has 1 aliphatic rings. The molecule has 0 spiro atoms. The van der Waals surface area contributed by atoms with E-state index in [9.17, 15) is 4.79 Å². The predicted octanol–water partition coefficient (Wildman–Crippen LogP) is 2.60. The second kappa shape index (κ2) is 8.39. The highest BCUT2D eigenvalue weighted by Gasteiger charge is 2.19. The molecule has 1 amide bonds. The van der Waals surface area contributed by atoms with Crippen LogP contribution in [0, 0.1) is 6.92 Å². The monoisotopic (exact) mass is 384 g/mol. The van der Waals surface area contributed by atoms with Crippen LogP contribution in [-0.2, 0) is 0 Å². The van der Waals surface area contributed by atoms with Gasteiger partial charge < -0.3 is 30.3 Å². The Morgan fingerprint density at radius 1 is 1.04 bits per heavy atom. The molecular formula is C21H28N4O3. The number of anilines is 3. The van der Waals surface area contributed by atoms with Crippen molar-refractivity contribution in [1.29, 1.82) is 0 Å². The molecule has 7 heteroatoms. The average molecular weight is 384 g/mol. The summed E-state index contributed by atoms with van der Waals surface area (Å²) < 4.78 is 10.5. The van der Waals surface area contributed by atoms with Crippen molar-refractivity contribution in [3.05, 3.63) is 41.5 Å². The van der Waals surface area contributed by atoms with Crippen molar-refractivity contribution in [2.24, 2.45) is 0 Å². The summed E-state index contributed by atoms with van der Waals surface area (Å²) in [6.45, 7) is 5.97. The number of nitrogens with zero attached hydrogens (tertiary/aromatic N) is 2. The lowest BCUT2D eigenvalue weighted by Gasteiger charge is -2.35. The first-order chi connectivity index (χ1) is 13.4. The number of hydrogen-bond acceptors (Lipinski definition) is 6. The maximum absolute atomic E-state index is 12.8. The van der Waals surface area contributed by atoms with E-state index in [0.717, 1.165) is 37.4 Å². The standard InChI is InChI=1S/C21H28N4O3/c1-14-11-16(22)17(13-18(14)25-9-7-24(2)8-10-25)23-21(26)15-5-6-19(27-3)20(12-15)28-4/h5-6,11-13H,7-10,22H2,1-4H3,(H,23,26). The van der Waals surface area contributed by atoms with E-state index >= 15 is 0 Å². The molecule has 2 aromatic rings. The van der Waals surface area contributed by atoms with Crippen molar-refractivity contribution < 1.29 is 14.3 Å². The fraction of sp³-hybridized carbons (Fsp3) is 0.381. The van der Waals surface area contributed by atoms with Crippen LogP contribution in [0.15, 0.2) is 30.3 Å². The van der Waals surface area contributed by atoms with Crippen molar-refractivity contribution in [2.75, 3.05) is 63.4 Å². The summed E-state index contributed by atoms with van der Waals surface area (Å²) in [5.41, 5.74) is 10.0. The van der Waals surface area contributed by atoms with Gasteiger partial charge in [-0.15, -0.1) is 0 Å². The molecule has 0 aromatic heterocycles. The highest BCUT2D eigenvalue weighted by Crippen LogP contribution is 2.32. The number of nitrogens with two attached hydrogens (primary N) is 1. The minimum Gasteiger partial charge on any atom is -0.493 e. The van der Waals surface area contributed by atoms with Crippen LogP contribution >= 0.6 is 0 Å². The average Bonchev–Trinajstić information content (AvgIpc) is 2.70. The van der Waals surface area contributed by atoms with Gasteiger partial charge in [-0.1, -0.05) is 0 Å². The van der Waals surface area contributed by atoms with Gasteiger partial charge in [-0.25, -0.2) is 0 Å². The first-order valence-electron chi connectivity index (χ1n) is 9.30. The smallest absolute Gasteiger partial charge is 0.255 e. The lowest BCUT2D eigenvalue weighted by molar-refractivity contribution is 0.102. The summed E-state index contributed by atoms with van der Waals surface area (Å²) in [4.78, 5) is 17.4. The van der Waals surface area contributed by atoms with Crippen LogP contribution in [0.25, 0.3) is 0 Å². The molecule has 0 radical (unpaired) electrons. The quantitative estimate of drug-likeness (QED) is 0.772. The van der Waals surface area contributed by atoms with Crippen LogP contribution < -0.4 is 25.4 Å². The molecule has 28 heavy (non-hydrogen) atoms. The third kappa shape index (κ3) is 4.14. The van der Waals surface area contributed by atoms with Crippen LogP contribution in [-0.4, -0.2) is 58.3 Å². The van der Waals surface area contributed by atoms with Crippen molar-refractivity contribution in [3.8, 4) is 11.5 Å². The van der Waals surface area contributed by atoms with E-state index in [4.69, 9.17) is 15.2 Å². The molecular weight excluding hydrogens is 356 g/mol. The van der Waals surface area contributed by atoms with Gasteiger partial charge >= 0.3 is 0 Å². The molecule has 150 valence electrons. The largest absolute Gasteiger partial charge is 0.493 e. The lowest BCUT2D eigenvalue weighted by Crippen LogP contribution is -2.44. The van der Waals surface area contributed by atoms with Gasteiger partial charge in [0, 0.05) is 37.4 Å². The fourth-order valence-corrected chi connectivity index (χ4v) is 3.39. The van der Waals surface area contributed by atoms with E-state index in [0.29, 0.717) is 28.4 Å². The molecule has 7 nitrogen and oxygen atoms in total. The number of hydrogen-bond donors (Lipinski definition) is 2. The zero-order valence-corrected chi connectivity index (χ0v) is 16.9. The van der Waals surface area contributed by atoms with Gasteiger partial charge in [-0.3, -0.25) is 4.79 Å². The Balaban J connectivity index is 1.83. The second-order valence-electron chi connectivity index (χ2n) is 7.04. The second-order valence-corrected chi connectivity index (χ2v) is 7.04. The van der Waals surface area contributed by atoms with E-state index in [1.54, 1.807) is 32.4 Å². The zero-order valence-electron chi connectivity index (χ0n) is 16.9. The van der Waals surface area contributed by atoms with Crippen LogP contribution in [0.5, 0.6) is 11.5 Å². The fourth-order valence-electron chi connectivity index (χ4n) is 3.39. The van der Waals surface area contributed by atoms with E-state index < -0.39 is 0 Å². The number of amides is 1. The van der Waals surface area contributed by atoms with Crippen molar-refractivity contribution in [2.45, 2.75) is 6.92 Å². The summed E-state index contributed by atoms with van der Waals surface area (Å²) >= 11 is 0. The summed E-state index contributed by atoms with van der Waals surface area (Å²) in [5, 5.41) is 2.93. The number of nitrogens with one attached hydrogen (secondary N) is 1. The Morgan fingerprint density at radius 3 is 2.36 bits per heavy atom. The predicted molar refractivity (Wildman–Crippen MR) is 113 cm³/mol. The number of rotatable bonds is 5. The molecule has 3 rings (SSSR count). The number of methoxy groups -OCH3 is 2. The number of likely N-dealkylation sites (N-methyl/N-ethyl adjacent to an activating group) is 1. The Labute approximate surface area is 166 Å². The molecule has 0 aliphatic carbocycles. The van der Waals surface area contributed by atoms with E-state index in [-0.39, 0.29) is 5.91 Å². The minimum absolute atomic E-state index is 0.249. The molecule has 1 fully saturated rings. The van der Waals surface area contributed by atoms with Gasteiger partial charge in [0.05, 0.1) is 25.6 Å². The summed E-state index contributed by atoms with van der Waals surface area (Å²) in [6, 6.07) is 8.94. The summed E-state index contributed by atoms with van der Waals surface area (Å²) in [7, 11) is 5.23. The van der Waals surface area contributed by atoms with E-state index in [2.05, 4.69) is 22.2 Å². The highest BCUT2D eigenvalue weighted by atomic mass is 16.5. The van der Waals surface area contributed by atoms with Gasteiger partial charge in [-0.05, 0) is 49.9 Å². The van der Waals surface area contributed by atoms with Gasteiger partial charge in [-0.2, -0.15) is 0 Å². The summed E-state index contributed by atoms with van der Waals surface area (Å²) in [6.07, 6.45) is 0. The Bertz CT molecular complexity index is 861. The number of piperazine rings is 1. The normalized spacial score (nSPS) is 14.6. The number of ether oxygens (including phenoxy) is 2. The lowest BCUT2D eigenvalue weighted by atomic mass is 10.1. The molecule has 0 unspecified atom stereocenters. The van der Waals surface area contributed by atoms with Crippen molar-refractivity contribution >= 4 is 23.0 Å². The Kier molecular flexibility index (Phi) is 5.94. The number of nitrogen functional groups attached to an aromatic ring is 1. The SMILES string of the molecule is COc1ccc(C(=O)Nc2cc(N3CCN(C)CC3)c(C)cc2N)cc1OC. The van der Waals surface area contributed by atoms with Gasteiger partial charge in [0.15, 0.2) is 11.5 Å². The number of carbonyl (C=O) groups excluding carboxylic acids is 1. The molecule has 0 atom stereocenters. The molecule has 0 bridgehead atoms. The first-order valence-corrected chi connectivity index (χ1v) is 9.30. The van der Waals surface area contributed by atoms with E-state index in [1.807, 2.05) is 19.1 Å². The molecule has 1 saturated heterocycles. The highest BCUT2D eigenvalue weighted by molar-refractivity contribution is 6.06. The zero-order chi connectivity index (χ0) is 20.3. The van der Waals surface area contributed by atoms with Gasteiger partial charge in [0.1, 0.15) is 0 Å². The third-order valence-corrected chi connectivity index (χ3v) is 5.11. The number of aryl methyl sites for hydroxylation is 1. The topological polar surface area (TPSA) is 80.1 Å². The molecule has 1 aliphatic heterocycles. The Hall–Kier alpha value is -2.93. The van der Waals surface area contributed by atoms with Crippen molar-refractivity contribution in [1.82, 2.24) is 4.90 Å². The molecule has 2 aromatic carbocycles. The molecule has 3 N–H and O–H groups in total. The maximum atomic E-state index is 12.8. The van der Waals surface area contributed by atoms with Gasteiger partial charge in [0.2, 0.25) is 0 Å². The van der Waals surface area contributed by atoms with Crippen LogP contribution in [0.2, 0.25) is 0 Å². The van der Waals surface area contributed by atoms with E-state index in [1.165, 1.54) is 0 Å². The first kappa shape index (κ1) is 19.8. The van der Waals surface area contributed by atoms with Crippen LogP contribution in [0.1, 0.15) is 15.9 Å². The van der Waals surface area contributed by atoms with Crippen LogP contribution in [0.4, 0.5) is 17.1 Å². The Morgan fingerprint density at radius 2 is 1.71 bits per heavy atom.